The van der Waals surface area contributed by atoms with E-state index in [4.69, 9.17) is 0 Å². The number of anilines is 1. The van der Waals surface area contributed by atoms with E-state index in [0.717, 1.165) is 34.5 Å². The van der Waals surface area contributed by atoms with E-state index in [0.29, 0.717) is 12.8 Å². The van der Waals surface area contributed by atoms with Gasteiger partial charge in [0.2, 0.25) is 0 Å². The van der Waals surface area contributed by atoms with Crippen molar-refractivity contribution in [2.75, 3.05) is 5.32 Å². The van der Waals surface area contributed by atoms with Crippen LogP contribution in [-0.4, -0.2) is 11.6 Å². The van der Waals surface area contributed by atoms with Gasteiger partial charge in [-0.3, -0.25) is 9.59 Å². The number of hydrogen-bond acceptors (Lipinski definition) is 3. The zero-order valence-corrected chi connectivity index (χ0v) is 19.6. The van der Waals surface area contributed by atoms with Gasteiger partial charge in [0.05, 0.1) is 5.92 Å². The van der Waals surface area contributed by atoms with Crippen molar-refractivity contribution in [3.05, 3.63) is 101 Å². The van der Waals surface area contributed by atoms with Crippen LogP contribution in [0.4, 0.5) is 5.69 Å². The van der Waals surface area contributed by atoms with E-state index in [-0.39, 0.29) is 28.8 Å². The van der Waals surface area contributed by atoms with Gasteiger partial charge < -0.3 is 5.32 Å². The second kappa shape index (κ2) is 8.30. The molecule has 1 aliphatic heterocycles. The van der Waals surface area contributed by atoms with Crippen LogP contribution in [0.5, 0.6) is 0 Å². The van der Waals surface area contributed by atoms with Crippen molar-refractivity contribution in [3.8, 4) is 0 Å². The van der Waals surface area contributed by atoms with Gasteiger partial charge in [-0.25, -0.2) is 0 Å². The highest BCUT2D eigenvalue weighted by atomic mass is 16.1. The number of benzene rings is 2. The molecule has 3 nitrogen and oxygen atoms in total. The van der Waals surface area contributed by atoms with Crippen LogP contribution in [-0.2, 0) is 16.0 Å². The SMILES string of the molecule is CC1C=CC=C1C1C2=C(CC(C)(C)CC2=O)Nc2ccccc2C1C(=O)Cc1ccccc1. The third kappa shape index (κ3) is 4.01. The Labute approximate surface area is 196 Å². The summed E-state index contributed by atoms with van der Waals surface area (Å²) in [7, 11) is 0. The van der Waals surface area contributed by atoms with Gasteiger partial charge in [0.1, 0.15) is 5.78 Å². The number of fused-ring (bicyclic) bond motifs is 1. The molecule has 0 radical (unpaired) electrons. The summed E-state index contributed by atoms with van der Waals surface area (Å²) in [5.74, 6) is -0.124. The summed E-state index contributed by atoms with van der Waals surface area (Å²) in [5, 5.41) is 3.62. The number of para-hydroxylation sites is 1. The largest absolute Gasteiger partial charge is 0.358 e. The summed E-state index contributed by atoms with van der Waals surface area (Å²) in [6, 6.07) is 18.0. The Morgan fingerprint density at radius 2 is 1.76 bits per heavy atom. The fourth-order valence-corrected chi connectivity index (χ4v) is 5.81. The van der Waals surface area contributed by atoms with E-state index >= 15 is 0 Å². The highest BCUT2D eigenvalue weighted by Gasteiger charge is 2.46. The molecule has 0 bridgehead atoms. The van der Waals surface area contributed by atoms with Gasteiger partial charge in [0.25, 0.3) is 0 Å². The third-order valence-corrected chi connectivity index (χ3v) is 7.29. The smallest absolute Gasteiger partial charge is 0.161 e. The van der Waals surface area contributed by atoms with Gasteiger partial charge in [-0.1, -0.05) is 93.1 Å². The van der Waals surface area contributed by atoms with Crippen LogP contribution < -0.4 is 5.32 Å². The number of hydrogen-bond donors (Lipinski definition) is 1. The molecule has 1 N–H and O–H groups in total. The van der Waals surface area contributed by atoms with Crippen LogP contribution in [0.1, 0.15) is 50.7 Å². The van der Waals surface area contributed by atoms with Crippen molar-refractivity contribution in [1.29, 1.82) is 0 Å². The molecule has 3 heteroatoms. The molecule has 2 aromatic carbocycles. The second-order valence-corrected chi connectivity index (χ2v) is 10.5. The molecule has 5 rings (SSSR count). The van der Waals surface area contributed by atoms with Crippen molar-refractivity contribution in [1.82, 2.24) is 0 Å². The molecule has 0 saturated carbocycles. The maximum absolute atomic E-state index is 14.1. The Balaban J connectivity index is 1.70. The van der Waals surface area contributed by atoms with E-state index in [1.54, 1.807) is 0 Å². The van der Waals surface area contributed by atoms with Gasteiger partial charge in [-0.2, -0.15) is 0 Å². The first-order chi connectivity index (χ1) is 15.8. The number of nitrogens with one attached hydrogen (secondary N) is 1. The van der Waals surface area contributed by atoms with E-state index in [1.165, 1.54) is 5.57 Å². The lowest BCUT2D eigenvalue weighted by molar-refractivity contribution is -0.121. The Hall–Kier alpha value is -3.20. The third-order valence-electron chi connectivity index (χ3n) is 7.29. The molecule has 0 aromatic heterocycles. The van der Waals surface area contributed by atoms with Crippen LogP contribution in [0.25, 0.3) is 0 Å². The number of rotatable bonds is 4. The normalized spacial score (nSPS) is 25.6. The first-order valence-electron chi connectivity index (χ1n) is 11.9. The number of Topliss-reactive ketones (excluding diaryl/α,β-unsaturated/α-hetero) is 2. The molecule has 2 aliphatic carbocycles. The lowest BCUT2D eigenvalue weighted by Crippen LogP contribution is -2.35. The van der Waals surface area contributed by atoms with E-state index in [9.17, 15) is 9.59 Å². The zero-order valence-electron chi connectivity index (χ0n) is 19.6. The molecule has 0 fully saturated rings. The summed E-state index contributed by atoms with van der Waals surface area (Å²) in [5.41, 5.74) is 5.81. The molecule has 168 valence electrons. The van der Waals surface area contributed by atoms with Gasteiger partial charge >= 0.3 is 0 Å². The first-order valence-corrected chi connectivity index (χ1v) is 11.9. The predicted molar refractivity (Wildman–Crippen MR) is 133 cm³/mol. The fraction of sp³-hybridized carbons (Fsp3) is 0.333. The minimum Gasteiger partial charge on any atom is -0.358 e. The molecular weight excluding hydrogens is 406 g/mol. The van der Waals surface area contributed by atoms with Crippen molar-refractivity contribution >= 4 is 17.3 Å². The number of allylic oxidation sites excluding steroid dienone is 6. The Morgan fingerprint density at radius 1 is 1.03 bits per heavy atom. The minimum atomic E-state index is -0.403. The lowest BCUT2D eigenvalue weighted by atomic mass is 9.66. The zero-order chi connectivity index (χ0) is 23.2. The molecule has 3 atom stereocenters. The first kappa shape index (κ1) is 21.6. The molecule has 33 heavy (non-hydrogen) atoms. The van der Waals surface area contributed by atoms with Crippen LogP contribution >= 0.6 is 0 Å². The lowest BCUT2D eigenvalue weighted by Gasteiger charge is -2.36. The Bertz CT molecular complexity index is 1200. The van der Waals surface area contributed by atoms with E-state index < -0.39 is 5.92 Å². The average Bonchev–Trinajstić information content (AvgIpc) is 3.12. The van der Waals surface area contributed by atoms with Crippen LogP contribution in [0.3, 0.4) is 0 Å². The Kier molecular flexibility index (Phi) is 5.44. The van der Waals surface area contributed by atoms with Gasteiger partial charge in [-0.05, 0) is 34.9 Å². The molecule has 0 saturated heterocycles. The molecule has 0 amide bonds. The number of carbonyl (C=O) groups excluding carboxylic acids is 2. The highest BCUT2D eigenvalue weighted by Crippen LogP contribution is 2.51. The van der Waals surface area contributed by atoms with Crippen molar-refractivity contribution in [3.63, 3.8) is 0 Å². The van der Waals surface area contributed by atoms with E-state index in [2.05, 4.69) is 50.4 Å². The van der Waals surface area contributed by atoms with Crippen LogP contribution in [0.15, 0.2) is 89.7 Å². The standard InChI is InChI=1S/C30H31NO2/c1-19-10-9-14-21(19)28-27(25(32)16-20-11-5-4-6-12-20)22-13-7-8-15-23(22)31-24-17-30(2,3)18-26(33)29(24)28/h4-15,19,27-28,31H,16-18H2,1-3H3. The highest BCUT2D eigenvalue weighted by molar-refractivity contribution is 6.02. The minimum absolute atomic E-state index is 0.107. The topological polar surface area (TPSA) is 46.2 Å². The Morgan fingerprint density at radius 3 is 2.48 bits per heavy atom. The second-order valence-electron chi connectivity index (χ2n) is 10.5. The molecule has 3 unspecified atom stereocenters. The van der Waals surface area contributed by atoms with Crippen molar-refractivity contribution in [2.24, 2.45) is 17.3 Å². The maximum Gasteiger partial charge on any atom is 0.161 e. The summed E-state index contributed by atoms with van der Waals surface area (Å²) in [4.78, 5) is 27.7. The summed E-state index contributed by atoms with van der Waals surface area (Å²) < 4.78 is 0. The van der Waals surface area contributed by atoms with Crippen LogP contribution in [0, 0.1) is 17.3 Å². The molecule has 0 spiro atoms. The molecule has 1 heterocycles. The summed E-state index contributed by atoms with van der Waals surface area (Å²) in [6.07, 6.45) is 8.02. The monoisotopic (exact) mass is 437 g/mol. The van der Waals surface area contributed by atoms with Gasteiger partial charge in [0, 0.05) is 35.7 Å². The fourth-order valence-electron chi connectivity index (χ4n) is 5.81. The predicted octanol–water partition coefficient (Wildman–Crippen LogP) is 6.40. The molecule has 3 aliphatic rings. The average molecular weight is 438 g/mol. The van der Waals surface area contributed by atoms with Gasteiger partial charge in [0.15, 0.2) is 5.78 Å². The van der Waals surface area contributed by atoms with Gasteiger partial charge in [-0.15, -0.1) is 0 Å². The van der Waals surface area contributed by atoms with Crippen molar-refractivity contribution in [2.45, 2.75) is 46.0 Å². The summed E-state index contributed by atoms with van der Waals surface area (Å²) >= 11 is 0. The molecular formula is C30H31NO2. The molecule has 2 aromatic rings. The number of ketones is 2. The van der Waals surface area contributed by atoms with Crippen molar-refractivity contribution < 1.29 is 9.59 Å². The summed E-state index contributed by atoms with van der Waals surface area (Å²) in [6.45, 7) is 6.47. The van der Waals surface area contributed by atoms with Crippen LogP contribution in [0.2, 0.25) is 0 Å². The van der Waals surface area contributed by atoms with E-state index in [1.807, 2.05) is 48.5 Å². The quantitative estimate of drug-likeness (QED) is 0.602. The number of carbonyl (C=O) groups is 2. The maximum atomic E-state index is 14.1.